The number of hydrogen-bond acceptors (Lipinski definition) is 5. The SMILES string of the molecule is O=C(c1cnc(Nc2ccc(N3CCCCC3)cc2)cn1)N1CCCCC1. The van der Waals surface area contributed by atoms with Crippen LogP contribution in [0.15, 0.2) is 36.7 Å². The Morgan fingerprint density at radius 2 is 1.48 bits per heavy atom. The smallest absolute Gasteiger partial charge is 0.274 e. The molecule has 2 aliphatic heterocycles. The molecule has 1 amide bonds. The molecule has 27 heavy (non-hydrogen) atoms. The maximum Gasteiger partial charge on any atom is 0.274 e. The van der Waals surface area contributed by atoms with Crippen LogP contribution in [0, 0.1) is 0 Å². The van der Waals surface area contributed by atoms with Crippen LogP contribution in [0.25, 0.3) is 0 Å². The van der Waals surface area contributed by atoms with Gasteiger partial charge in [-0.2, -0.15) is 0 Å². The quantitative estimate of drug-likeness (QED) is 0.892. The van der Waals surface area contributed by atoms with Gasteiger partial charge in [0.2, 0.25) is 0 Å². The van der Waals surface area contributed by atoms with Crippen molar-refractivity contribution in [3.8, 4) is 0 Å². The van der Waals surface area contributed by atoms with Crippen molar-refractivity contribution < 1.29 is 4.79 Å². The van der Waals surface area contributed by atoms with Gasteiger partial charge in [-0.15, -0.1) is 0 Å². The Hall–Kier alpha value is -2.63. The molecule has 1 aromatic heterocycles. The van der Waals surface area contributed by atoms with E-state index in [2.05, 4.69) is 44.5 Å². The summed E-state index contributed by atoms with van der Waals surface area (Å²) >= 11 is 0. The Bertz CT molecular complexity index is 747. The van der Waals surface area contributed by atoms with Gasteiger partial charge in [-0.1, -0.05) is 0 Å². The first kappa shape index (κ1) is 17.8. The number of aromatic nitrogens is 2. The Labute approximate surface area is 160 Å². The molecule has 4 rings (SSSR count). The minimum atomic E-state index is -0.0142. The van der Waals surface area contributed by atoms with Crippen LogP contribution < -0.4 is 10.2 Å². The van der Waals surface area contributed by atoms with Gasteiger partial charge in [0.25, 0.3) is 5.91 Å². The van der Waals surface area contributed by atoms with E-state index in [0.29, 0.717) is 11.5 Å². The highest BCUT2D eigenvalue weighted by Crippen LogP contribution is 2.23. The van der Waals surface area contributed by atoms with Crippen LogP contribution in [-0.4, -0.2) is 47.0 Å². The summed E-state index contributed by atoms with van der Waals surface area (Å²) < 4.78 is 0. The second-order valence-electron chi connectivity index (χ2n) is 7.36. The predicted octanol–water partition coefficient (Wildman–Crippen LogP) is 3.84. The number of nitrogens with zero attached hydrogens (tertiary/aromatic N) is 4. The fourth-order valence-electron chi connectivity index (χ4n) is 3.82. The van der Waals surface area contributed by atoms with Gasteiger partial charge in [-0.05, 0) is 62.8 Å². The van der Waals surface area contributed by atoms with Crippen molar-refractivity contribution in [2.24, 2.45) is 0 Å². The molecular weight excluding hydrogens is 338 g/mol. The average Bonchev–Trinajstić information content (AvgIpc) is 2.76. The van der Waals surface area contributed by atoms with Crippen molar-refractivity contribution in [3.63, 3.8) is 0 Å². The summed E-state index contributed by atoms with van der Waals surface area (Å²) in [6.07, 6.45) is 10.5. The van der Waals surface area contributed by atoms with Crippen molar-refractivity contribution >= 4 is 23.1 Å². The zero-order valence-electron chi connectivity index (χ0n) is 15.7. The summed E-state index contributed by atoms with van der Waals surface area (Å²) in [6, 6.07) is 8.43. The monoisotopic (exact) mass is 365 g/mol. The molecule has 142 valence electrons. The molecule has 0 unspecified atom stereocenters. The van der Waals surface area contributed by atoms with Gasteiger partial charge in [0.1, 0.15) is 11.5 Å². The van der Waals surface area contributed by atoms with Gasteiger partial charge >= 0.3 is 0 Å². The molecule has 0 radical (unpaired) electrons. The first-order valence-electron chi connectivity index (χ1n) is 10.0. The summed E-state index contributed by atoms with van der Waals surface area (Å²) in [5.41, 5.74) is 2.66. The first-order valence-corrected chi connectivity index (χ1v) is 10.0. The topological polar surface area (TPSA) is 61.4 Å². The molecule has 2 aliphatic rings. The predicted molar refractivity (Wildman–Crippen MR) is 108 cm³/mol. The number of benzene rings is 1. The molecular formula is C21H27N5O. The van der Waals surface area contributed by atoms with Crippen LogP contribution in [0.4, 0.5) is 17.2 Å². The molecule has 0 bridgehead atoms. The molecule has 6 heteroatoms. The fourth-order valence-corrected chi connectivity index (χ4v) is 3.82. The van der Waals surface area contributed by atoms with Gasteiger partial charge in [-0.25, -0.2) is 9.97 Å². The van der Waals surface area contributed by atoms with E-state index in [-0.39, 0.29) is 5.91 Å². The van der Waals surface area contributed by atoms with Crippen LogP contribution in [0.5, 0.6) is 0 Å². The van der Waals surface area contributed by atoms with Crippen molar-refractivity contribution in [1.82, 2.24) is 14.9 Å². The van der Waals surface area contributed by atoms with E-state index >= 15 is 0 Å². The van der Waals surface area contributed by atoms with E-state index in [1.807, 2.05) is 4.90 Å². The number of carbonyl (C=O) groups excluding carboxylic acids is 1. The molecule has 0 saturated carbocycles. The van der Waals surface area contributed by atoms with Gasteiger partial charge in [0, 0.05) is 37.6 Å². The third-order valence-electron chi connectivity index (χ3n) is 5.38. The third kappa shape index (κ3) is 4.38. The van der Waals surface area contributed by atoms with Crippen molar-refractivity contribution in [3.05, 3.63) is 42.4 Å². The third-order valence-corrected chi connectivity index (χ3v) is 5.38. The van der Waals surface area contributed by atoms with Crippen molar-refractivity contribution in [2.45, 2.75) is 38.5 Å². The molecule has 0 aliphatic carbocycles. The van der Waals surface area contributed by atoms with E-state index in [1.54, 1.807) is 12.4 Å². The molecule has 3 heterocycles. The number of hydrogen-bond donors (Lipinski definition) is 1. The zero-order valence-corrected chi connectivity index (χ0v) is 15.7. The molecule has 2 aromatic rings. The molecule has 1 N–H and O–H groups in total. The lowest BCUT2D eigenvalue weighted by Gasteiger charge is -2.28. The van der Waals surface area contributed by atoms with Crippen molar-refractivity contribution in [1.29, 1.82) is 0 Å². The van der Waals surface area contributed by atoms with E-state index in [4.69, 9.17) is 0 Å². The Morgan fingerprint density at radius 3 is 2.11 bits per heavy atom. The van der Waals surface area contributed by atoms with Crippen LogP contribution in [0.1, 0.15) is 49.0 Å². The van der Waals surface area contributed by atoms with E-state index in [9.17, 15) is 4.79 Å². The number of amides is 1. The second kappa shape index (κ2) is 8.37. The van der Waals surface area contributed by atoms with Crippen molar-refractivity contribution in [2.75, 3.05) is 36.4 Å². The van der Waals surface area contributed by atoms with Gasteiger partial charge in [-0.3, -0.25) is 4.79 Å². The lowest BCUT2D eigenvalue weighted by Crippen LogP contribution is -2.36. The average molecular weight is 365 g/mol. The molecule has 0 spiro atoms. The lowest BCUT2D eigenvalue weighted by atomic mass is 10.1. The number of anilines is 3. The normalized spacial score (nSPS) is 17.6. The molecule has 0 atom stereocenters. The molecule has 2 fully saturated rings. The van der Waals surface area contributed by atoms with Crippen LogP contribution in [0.3, 0.4) is 0 Å². The van der Waals surface area contributed by atoms with E-state index in [1.165, 1.54) is 31.4 Å². The fraction of sp³-hybridized carbons (Fsp3) is 0.476. The lowest BCUT2D eigenvalue weighted by molar-refractivity contribution is 0.0718. The molecule has 2 saturated heterocycles. The minimum Gasteiger partial charge on any atom is -0.372 e. The second-order valence-corrected chi connectivity index (χ2v) is 7.36. The number of rotatable bonds is 4. The largest absolute Gasteiger partial charge is 0.372 e. The van der Waals surface area contributed by atoms with Gasteiger partial charge < -0.3 is 15.1 Å². The summed E-state index contributed by atoms with van der Waals surface area (Å²) in [5.74, 6) is 0.635. The Balaban J connectivity index is 1.37. The van der Waals surface area contributed by atoms with Crippen LogP contribution in [0.2, 0.25) is 0 Å². The summed E-state index contributed by atoms with van der Waals surface area (Å²) in [7, 11) is 0. The van der Waals surface area contributed by atoms with Gasteiger partial charge in [0.15, 0.2) is 0 Å². The van der Waals surface area contributed by atoms with Gasteiger partial charge in [0.05, 0.1) is 12.4 Å². The molecule has 1 aromatic carbocycles. The zero-order chi connectivity index (χ0) is 18.5. The summed E-state index contributed by atoms with van der Waals surface area (Å²) in [5, 5.41) is 3.26. The highest BCUT2D eigenvalue weighted by Gasteiger charge is 2.19. The Morgan fingerprint density at radius 1 is 0.815 bits per heavy atom. The number of piperidine rings is 2. The maximum atomic E-state index is 12.5. The van der Waals surface area contributed by atoms with Crippen LogP contribution >= 0.6 is 0 Å². The maximum absolute atomic E-state index is 12.5. The standard InChI is InChI=1S/C21H27N5O/c27-21(26-13-5-2-6-14-26)19-15-23-20(16-22-19)24-17-7-9-18(10-8-17)25-11-3-1-4-12-25/h7-10,15-16H,1-6,11-14H2,(H,23,24). The first-order chi connectivity index (χ1) is 13.3. The van der Waals surface area contributed by atoms with E-state index in [0.717, 1.165) is 44.7 Å². The number of nitrogens with one attached hydrogen (secondary N) is 1. The van der Waals surface area contributed by atoms with E-state index < -0.39 is 0 Å². The number of carbonyl (C=O) groups is 1. The Kier molecular flexibility index (Phi) is 5.51. The minimum absolute atomic E-state index is 0.0142. The van der Waals surface area contributed by atoms with Crippen LogP contribution in [-0.2, 0) is 0 Å². The summed E-state index contributed by atoms with van der Waals surface area (Å²) in [4.78, 5) is 25.5. The molecule has 6 nitrogen and oxygen atoms in total. The summed E-state index contributed by atoms with van der Waals surface area (Å²) in [6.45, 7) is 3.93. The highest BCUT2D eigenvalue weighted by atomic mass is 16.2. The number of likely N-dealkylation sites (tertiary alicyclic amines) is 1. The highest BCUT2D eigenvalue weighted by molar-refractivity contribution is 5.92.